The van der Waals surface area contributed by atoms with Crippen molar-refractivity contribution in [1.82, 2.24) is 4.90 Å². The van der Waals surface area contributed by atoms with E-state index in [2.05, 4.69) is 4.90 Å². The fourth-order valence-corrected chi connectivity index (χ4v) is 4.49. The SMILES string of the molecule is CC(=O)Oc1cc2c(C(=O)N3CCN(c4ccc(F)cc4)CC3)c(C)oc2c2ccccc12. The van der Waals surface area contributed by atoms with Crippen molar-refractivity contribution in [3.8, 4) is 5.75 Å². The number of benzene rings is 3. The molecular weight excluding hydrogens is 423 g/mol. The standard InChI is InChI=1S/C26H23FN2O4/c1-16-24(26(31)29-13-11-28(12-14-29)19-9-7-18(27)8-10-19)22-15-23(33-17(2)30)20-5-3-4-6-21(20)25(22)32-16/h3-10,15H,11-14H2,1-2H3. The molecule has 0 saturated carbocycles. The monoisotopic (exact) mass is 446 g/mol. The lowest BCUT2D eigenvalue weighted by molar-refractivity contribution is -0.131. The second-order valence-corrected chi connectivity index (χ2v) is 8.18. The van der Waals surface area contributed by atoms with Crippen LogP contribution in [0.3, 0.4) is 0 Å². The first-order valence-electron chi connectivity index (χ1n) is 10.9. The molecule has 33 heavy (non-hydrogen) atoms. The first kappa shape index (κ1) is 21.0. The molecule has 1 fully saturated rings. The van der Waals surface area contributed by atoms with Crippen molar-refractivity contribution < 1.29 is 23.1 Å². The van der Waals surface area contributed by atoms with E-state index in [0.29, 0.717) is 54.2 Å². The van der Waals surface area contributed by atoms with E-state index >= 15 is 0 Å². The van der Waals surface area contributed by atoms with E-state index in [0.717, 1.165) is 16.5 Å². The van der Waals surface area contributed by atoms with E-state index in [1.807, 2.05) is 24.3 Å². The Bertz CT molecular complexity index is 1370. The second-order valence-electron chi connectivity index (χ2n) is 8.18. The quantitative estimate of drug-likeness (QED) is 0.330. The van der Waals surface area contributed by atoms with Crippen LogP contribution in [0, 0.1) is 12.7 Å². The van der Waals surface area contributed by atoms with Crippen molar-refractivity contribution in [1.29, 1.82) is 0 Å². The maximum absolute atomic E-state index is 13.5. The summed E-state index contributed by atoms with van der Waals surface area (Å²) in [7, 11) is 0. The van der Waals surface area contributed by atoms with Gasteiger partial charge in [0.2, 0.25) is 0 Å². The van der Waals surface area contributed by atoms with Gasteiger partial charge in [0.1, 0.15) is 22.9 Å². The van der Waals surface area contributed by atoms with Crippen molar-refractivity contribution in [2.24, 2.45) is 0 Å². The highest BCUT2D eigenvalue weighted by molar-refractivity contribution is 6.16. The number of fused-ring (bicyclic) bond motifs is 3. The molecule has 168 valence electrons. The van der Waals surface area contributed by atoms with Crippen LogP contribution in [-0.2, 0) is 4.79 Å². The van der Waals surface area contributed by atoms with Gasteiger partial charge in [0.15, 0.2) is 0 Å². The highest BCUT2D eigenvalue weighted by atomic mass is 19.1. The predicted molar refractivity (Wildman–Crippen MR) is 124 cm³/mol. The van der Waals surface area contributed by atoms with Crippen molar-refractivity contribution >= 4 is 39.3 Å². The molecular formula is C26H23FN2O4. The minimum Gasteiger partial charge on any atom is -0.460 e. The molecule has 4 aromatic rings. The molecule has 1 amide bonds. The summed E-state index contributed by atoms with van der Waals surface area (Å²) >= 11 is 0. The van der Waals surface area contributed by atoms with Crippen molar-refractivity contribution in [3.63, 3.8) is 0 Å². The van der Waals surface area contributed by atoms with Gasteiger partial charge in [-0.05, 0) is 37.3 Å². The number of piperazine rings is 1. The van der Waals surface area contributed by atoms with Gasteiger partial charge in [0, 0.05) is 54.9 Å². The van der Waals surface area contributed by atoms with Gasteiger partial charge in [-0.2, -0.15) is 0 Å². The molecule has 1 saturated heterocycles. The number of halogens is 1. The fraction of sp³-hybridized carbons (Fsp3) is 0.231. The zero-order valence-electron chi connectivity index (χ0n) is 18.4. The molecule has 0 radical (unpaired) electrons. The molecule has 0 bridgehead atoms. The molecule has 0 N–H and O–H groups in total. The van der Waals surface area contributed by atoms with Gasteiger partial charge in [-0.3, -0.25) is 9.59 Å². The predicted octanol–water partition coefficient (Wildman–Crippen LogP) is 4.92. The third-order valence-corrected chi connectivity index (χ3v) is 6.06. The number of esters is 1. The van der Waals surface area contributed by atoms with Crippen LogP contribution in [0.4, 0.5) is 10.1 Å². The van der Waals surface area contributed by atoms with Gasteiger partial charge in [-0.15, -0.1) is 0 Å². The van der Waals surface area contributed by atoms with Crippen molar-refractivity contribution in [2.75, 3.05) is 31.1 Å². The van der Waals surface area contributed by atoms with Gasteiger partial charge >= 0.3 is 5.97 Å². The highest BCUT2D eigenvalue weighted by Crippen LogP contribution is 2.38. The summed E-state index contributed by atoms with van der Waals surface area (Å²) in [6.45, 7) is 5.50. The summed E-state index contributed by atoms with van der Waals surface area (Å²) in [5.41, 5.74) is 2.03. The van der Waals surface area contributed by atoms with E-state index in [9.17, 15) is 14.0 Å². The molecule has 0 atom stereocenters. The Kier molecular flexibility index (Phi) is 5.24. The molecule has 6 nitrogen and oxygen atoms in total. The minimum absolute atomic E-state index is 0.117. The topological polar surface area (TPSA) is 63.0 Å². The van der Waals surface area contributed by atoms with Crippen LogP contribution in [0.25, 0.3) is 21.7 Å². The van der Waals surface area contributed by atoms with E-state index in [-0.39, 0.29) is 11.7 Å². The summed E-state index contributed by atoms with van der Waals surface area (Å²) in [6, 6.07) is 15.6. The van der Waals surface area contributed by atoms with Crippen LogP contribution in [0.5, 0.6) is 5.75 Å². The molecule has 5 rings (SSSR count). The van der Waals surface area contributed by atoms with Gasteiger partial charge in [-0.25, -0.2) is 4.39 Å². The number of ether oxygens (including phenoxy) is 1. The number of nitrogens with zero attached hydrogens (tertiary/aromatic N) is 2. The summed E-state index contributed by atoms with van der Waals surface area (Å²) in [5, 5.41) is 2.17. The minimum atomic E-state index is -0.426. The van der Waals surface area contributed by atoms with Gasteiger partial charge in [0.25, 0.3) is 5.91 Å². The Labute approximate surface area is 190 Å². The Balaban J connectivity index is 1.47. The number of furan rings is 1. The summed E-state index contributed by atoms with van der Waals surface area (Å²) < 4.78 is 24.7. The molecule has 3 aromatic carbocycles. The second kappa shape index (κ2) is 8.24. The molecule has 2 heterocycles. The third-order valence-electron chi connectivity index (χ3n) is 6.06. The molecule has 1 aromatic heterocycles. The smallest absolute Gasteiger partial charge is 0.308 e. The van der Waals surface area contributed by atoms with Crippen LogP contribution in [-0.4, -0.2) is 43.0 Å². The molecule has 7 heteroatoms. The number of amides is 1. The fourth-order valence-electron chi connectivity index (χ4n) is 4.49. The largest absolute Gasteiger partial charge is 0.460 e. The molecule has 0 aliphatic carbocycles. The highest BCUT2D eigenvalue weighted by Gasteiger charge is 2.28. The molecule has 0 unspecified atom stereocenters. The normalized spacial score (nSPS) is 14.2. The lowest BCUT2D eigenvalue weighted by Crippen LogP contribution is -2.48. The molecule has 1 aliphatic rings. The maximum atomic E-state index is 13.5. The van der Waals surface area contributed by atoms with E-state index in [4.69, 9.17) is 9.15 Å². The number of hydrogen-bond donors (Lipinski definition) is 0. The zero-order valence-corrected chi connectivity index (χ0v) is 18.4. The van der Waals surface area contributed by atoms with Crippen LogP contribution >= 0.6 is 0 Å². The number of aryl methyl sites for hydroxylation is 1. The Morgan fingerprint density at radius 3 is 2.27 bits per heavy atom. The third kappa shape index (κ3) is 3.80. The van der Waals surface area contributed by atoms with Crippen LogP contribution in [0.15, 0.2) is 59.0 Å². The van der Waals surface area contributed by atoms with Crippen molar-refractivity contribution in [3.05, 3.63) is 71.7 Å². The number of anilines is 1. The lowest BCUT2D eigenvalue weighted by Gasteiger charge is -2.36. The molecule has 0 spiro atoms. The zero-order chi connectivity index (χ0) is 23.1. The maximum Gasteiger partial charge on any atom is 0.308 e. The summed E-state index contributed by atoms with van der Waals surface area (Å²) in [6.07, 6.45) is 0. The number of carbonyl (C=O) groups is 2. The Morgan fingerprint density at radius 2 is 1.61 bits per heavy atom. The van der Waals surface area contributed by atoms with E-state index < -0.39 is 5.97 Å². The van der Waals surface area contributed by atoms with Crippen LogP contribution in [0.2, 0.25) is 0 Å². The van der Waals surface area contributed by atoms with Gasteiger partial charge in [-0.1, -0.05) is 24.3 Å². The lowest BCUT2D eigenvalue weighted by atomic mass is 10.0. The number of hydrogen-bond acceptors (Lipinski definition) is 5. The van der Waals surface area contributed by atoms with E-state index in [1.54, 1.807) is 30.0 Å². The number of rotatable bonds is 3. The van der Waals surface area contributed by atoms with Crippen LogP contribution in [0.1, 0.15) is 23.0 Å². The summed E-state index contributed by atoms with van der Waals surface area (Å²) in [5.74, 6) is 0.122. The number of carbonyl (C=O) groups excluding carboxylic acids is 2. The average molecular weight is 446 g/mol. The van der Waals surface area contributed by atoms with E-state index in [1.165, 1.54) is 19.1 Å². The Morgan fingerprint density at radius 1 is 0.939 bits per heavy atom. The average Bonchev–Trinajstić information content (AvgIpc) is 3.15. The van der Waals surface area contributed by atoms with Gasteiger partial charge in [0.05, 0.1) is 5.56 Å². The first-order valence-corrected chi connectivity index (χ1v) is 10.9. The summed E-state index contributed by atoms with van der Waals surface area (Å²) in [4.78, 5) is 29.2. The Hall–Kier alpha value is -3.87. The van der Waals surface area contributed by atoms with Gasteiger partial charge < -0.3 is 19.0 Å². The first-order chi connectivity index (χ1) is 15.9. The molecule has 1 aliphatic heterocycles. The van der Waals surface area contributed by atoms with Crippen molar-refractivity contribution in [2.45, 2.75) is 13.8 Å². The van der Waals surface area contributed by atoms with Crippen LogP contribution < -0.4 is 9.64 Å².